The molecule has 1 aliphatic rings. The third-order valence-corrected chi connectivity index (χ3v) is 6.19. The van der Waals surface area contributed by atoms with Crippen LogP contribution in [-0.4, -0.2) is 30.6 Å². The number of fused-ring (bicyclic) bond motifs is 1. The molecule has 6 heteroatoms. The summed E-state index contributed by atoms with van der Waals surface area (Å²) in [5, 5.41) is 3.23. The van der Waals surface area contributed by atoms with E-state index in [0.29, 0.717) is 13.2 Å². The van der Waals surface area contributed by atoms with Gasteiger partial charge >= 0.3 is 0 Å². The van der Waals surface area contributed by atoms with E-state index in [0.717, 1.165) is 59.1 Å². The number of carbonyl (C=O) groups is 1. The Labute approximate surface area is 187 Å². The van der Waals surface area contributed by atoms with Gasteiger partial charge in [-0.15, -0.1) is 11.3 Å². The second kappa shape index (κ2) is 9.96. The average molecular weight is 437 g/mol. The van der Waals surface area contributed by atoms with Crippen molar-refractivity contribution in [3.8, 4) is 22.8 Å². The molecule has 0 N–H and O–H groups in total. The maximum absolute atomic E-state index is 12.6. The molecular weight excluding hydrogens is 408 g/mol. The van der Waals surface area contributed by atoms with Crippen LogP contribution >= 0.6 is 11.3 Å². The van der Waals surface area contributed by atoms with Crippen LogP contribution in [0.3, 0.4) is 0 Å². The molecule has 31 heavy (non-hydrogen) atoms. The Morgan fingerprint density at radius 3 is 2.81 bits per heavy atom. The molecule has 2 heterocycles. The highest BCUT2D eigenvalue weighted by atomic mass is 32.1. The van der Waals surface area contributed by atoms with Crippen molar-refractivity contribution in [2.45, 2.75) is 39.5 Å². The predicted molar refractivity (Wildman–Crippen MR) is 125 cm³/mol. The van der Waals surface area contributed by atoms with E-state index in [4.69, 9.17) is 14.5 Å². The molecule has 162 valence electrons. The standard InChI is InChI=1S/C25H28N2O3S/c1-3-6-24-26-21(17-31-24)19-9-12-23-22(15-19)27(25(28)16-30-23)13-4-5-14-29-20-10-7-18(2)8-11-20/h7-12,15,17H,3-6,13-14,16H2,1-2H3. The van der Waals surface area contributed by atoms with Gasteiger partial charge in [0.1, 0.15) is 11.5 Å². The van der Waals surface area contributed by atoms with Crippen molar-refractivity contribution >= 4 is 22.9 Å². The van der Waals surface area contributed by atoms with Crippen LogP contribution in [-0.2, 0) is 11.2 Å². The number of ether oxygens (including phenoxy) is 2. The monoisotopic (exact) mass is 436 g/mol. The smallest absolute Gasteiger partial charge is 0.265 e. The molecule has 0 spiro atoms. The zero-order valence-electron chi connectivity index (χ0n) is 18.1. The van der Waals surface area contributed by atoms with Gasteiger partial charge in [0.15, 0.2) is 6.61 Å². The van der Waals surface area contributed by atoms with Gasteiger partial charge in [0.25, 0.3) is 5.91 Å². The number of nitrogens with zero attached hydrogens (tertiary/aromatic N) is 2. The fourth-order valence-electron chi connectivity index (χ4n) is 3.58. The average Bonchev–Trinajstić information content (AvgIpc) is 3.25. The van der Waals surface area contributed by atoms with Gasteiger partial charge in [-0.2, -0.15) is 0 Å². The first-order valence-electron chi connectivity index (χ1n) is 10.9. The summed E-state index contributed by atoms with van der Waals surface area (Å²) < 4.78 is 11.5. The lowest BCUT2D eigenvalue weighted by atomic mass is 10.1. The second-order valence-electron chi connectivity index (χ2n) is 7.76. The molecule has 5 nitrogen and oxygen atoms in total. The predicted octanol–water partition coefficient (Wildman–Crippen LogP) is 5.66. The highest BCUT2D eigenvalue weighted by Gasteiger charge is 2.25. The molecule has 0 saturated heterocycles. The zero-order valence-corrected chi connectivity index (χ0v) is 18.9. The van der Waals surface area contributed by atoms with Gasteiger partial charge < -0.3 is 14.4 Å². The second-order valence-corrected chi connectivity index (χ2v) is 8.70. The number of rotatable bonds is 9. The third kappa shape index (κ3) is 5.25. The minimum Gasteiger partial charge on any atom is -0.494 e. The largest absolute Gasteiger partial charge is 0.494 e. The van der Waals surface area contributed by atoms with Crippen molar-refractivity contribution in [2.24, 2.45) is 0 Å². The molecule has 4 rings (SSSR count). The van der Waals surface area contributed by atoms with Crippen molar-refractivity contribution in [1.29, 1.82) is 0 Å². The topological polar surface area (TPSA) is 51.7 Å². The van der Waals surface area contributed by atoms with E-state index in [1.165, 1.54) is 5.56 Å². The summed E-state index contributed by atoms with van der Waals surface area (Å²) in [6.07, 6.45) is 3.81. The lowest BCUT2D eigenvalue weighted by molar-refractivity contribution is -0.121. The van der Waals surface area contributed by atoms with E-state index in [1.807, 2.05) is 47.4 Å². The van der Waals surface area contributed by atoms with Gasteiger partial charge in [-0.1, -0.05) is 24.6 Å². The number of hydrogen-bond donors (Lipinski definition) is 0. The number of unbranched alkanes of at least 4 members (excludes halogenated alkanes) is 1. The summed E-state index contributed by atoms with van der Waals surface area (Å²) in [7, 11) is 0. The van der Waals surface area contributed by atoms with Gasteiger partial charge in [-0.3, -0.25) is 4.79 Å². The first kappa shape index (κ1) is 21.4. The molecule has 0 radical (unpaired) electrons. The molecule has 0 saturated carbocycles. The van der Waals surface area contributed by atoms with Crippen molar-refractivity contribution < 1.29 is 14.3 Å². The van der Waals surface area contributed by atoms with Crippen molar-refractivity contribution in [3.63, 3.8) is 0 Å². The normalized spacial score (nSPS) is 13.1. The Balaban J connectivity index is 1.39. The summed E-state index contributed by atoms with van der Waals surface area (Å²) in [6, 6.07) is 14.1. The van der Waals surface area contributed by atoms with Crippen LogP contribution in [0.1, 0.15) is 36.8 Å². The van der Waals surface area contributed by atoms with Crippen molar-refractivity contribution in [2.75, 3.05) is 24.7 Å². The molecule has 0 atom stereocenters. The Bertz CT molecular complexity index is 1030. The van der Waals surface area contributed by atoms with Crippen LogP contribution in [0, 0.1) is 6.92 Å². The number of carbonyl (C=O) groups excluding carboxylic acids is 1. The highest BCUT2D eigenvalue weighted by Crippen LogP contribution is 2.36. The van der Waals surface area contributed by atoms with Gasteiger partial charge in [0, 0.05) is 17.5 Å². The number of benzene rings is 2. The number of aryl methyl sites for hydroxylation is 2. The summed E-state index contributed by atoms with van der Waals surface area (Å²) >= 11 is 1.69. The Morgan fingerprint density at radius 2 is 2.00 bits per heavy atom. The number of hydrogen-bond acceptors (Lipinski definition) is 5. The molecule has 1 aliphatic heterocycles. The number of aromatic nitrogens is 1. The molecule has 1 amide bonds. The van der Waals surface area contributed by atoms with Crippen molar-refractivity contribution in [3.05, 3.63) is 58.4 Å². The van der Waals surface area contributed by atoms with Crippen molar-refractivity contribution in [1.82, 2.24) is 4.98 Å². The Hall–Kier alpha value is -2.86. The number of anilines is 1. The van der Waals surface area contributed by atoms with Crippen LogP contribution in [0.5, 0.6) is 11.5 Å². The zero-order chi connectivity index (χ0) is 21.6. The fourth-order valence-corrected chi connectivity index (χ4v) is 4.48. The minimum absolute atomic E-state index is 0.00551. The molecule has 1 aromatic heterocycles. The quantitative estimate of drug-likeness (QED) is 0.406. The van der Waals surface area contributed by atoms with E-state index in [1.54, 1.807) is 11.3 Å². The van der Waals surface area contributed by atoms with Crippen LogP contribution < -0.4 is 14.4 Å². The Kier molecular flexibility index (Phi) is 6.87. The molecule has 0 fully saturated rings. The highest BCUT2D eigenvalue weighted by molar-refractivity contribution is 7.09. The maximum Gasteiger partial charge on any atom is 0.265 e. The van der Waals surface area contributed by atoms with Gasteiger partial charge in [-0.05, 0) is 62.9 Å². The lowest BCUT2D eigenvalue weighted by Gasteiger charge is -2.29. The summed E-state index contributed by atoms with van der Waals surface area (Å²) in [4.78, 5) is 19.1. The minimum atomic E-state index is -0.00551. The first-order chi connectivity index (χ1) is 15.1. The van der Waals surface area contributed by atoms with E-state index in [9.17, 15) is 4.79 Å². The molecule has 3 aromatic rings. The Morgan fingerprint density at radius 1 is 1.16 bits per heavy atom. The van der Waals surface area contributed by atoms with E-state index >= 15 is 0 Å². The van der Waals surface area contributed by atoms with Crippen LogP contribution in [0.15, 0.2) is 47.8 Å². The van der Waals surface area contributed by atoms with Crippen LogP contribution in [0.25, 0.3) is 11.3 Å². The molecule has 0 bridgehead atoms. The third-order valence-electron chi connectivity index (χ3n) is 5.28. The molecular formula is C25H28N2O3S. The van der Waals surface area contributed by atoms with Crippen LogP contribution in [0.4, 0.5) is 5.69 Å². The van der Waals surface area contributed by atoms with E-state index < -0.39 is 0 Å². The van der Waals surface area contributed by atoms with E-state index in [2.05, 4.69) is 19.2 Å². The SMILES string of the molecule is CCCc1nc(-c2ccc3c(c2)N(CCCCOc2ccc(C)cc2)C(=O)CO3)cs1. The maximum atomic E-state index is 12.6. The number of thiazole rings is 1. The van der Waals surface area contributed by atoms with Crippen LogP contribution in [0.2, 0.25) is 0 Å². The number of amides is 1. The van der Waals surface area contributed by atoms with Gasteiger partial charge in [-0.25, -0.2) is 4.98 Å². The summed E-state index contributed by atoms with van der Waals surface area (Å²) in [5.41, 5.74) is 4.03. The van der Waals surface area contributed by atoms with E-state index in [-0.39, 0.29) is 12.5 Å². The first-order valence-corrected chi connectivity index (χ1v) is 11.7. The summed E-state index contributed by atoms with van der Waals surface area (Å²) in [6.45, 7) is 5.59. The van der Waals surface area contributed by atoms with Gasteiger partial charge in [0.05, 0.1) is 23.0 Å². The summed E-state index contributed by atoms with van der Waals surface area (Å²) in [5.74, 6) is 1.63. The molecule has 2 aromatic carbocycles. The fraction of sp³-hybridized carbons (Fsp3) is 0.360. The lowest BCUT2D eigenvalue weighted by Crippen LogP contribution is -2.39. The molecule has 0 unspecified atom stereocenters. The molecule has 0 aliphatic carbocycles. The van der Waals surface area contributed by atoms with Gasteiger partial charge in [0.2, 0.25) is 0 Å².